The number of hydrogen-bond donors (Lipinski definition) is 1. The van der Waals surface area contributed by atoms with Crippen LogP contribution >= 0.6 is 34.8 Å². The number of fused-ring (bicyclic) bond motifs is 1. The van der Waals surface area contributed by atoms with Crippen LogP contribution in [0.2, 0.25) is 15.1 Å². The SMILES string of the molecule is CC1=C(C(=O)N2CCN(c3ccc(F)cc3)CC2)C(c2ccc(Cl)c(Cl)c2)n2ncc(Cl)c2N1. The van der Waals surface area contributed by atoms with Crippen LogP contribution in [0.25, 0.3) is 0 Å². The zero-order chi connectivity index (χ0) is 24.0. The molecule has 1 aromatic heterocycles. The van der Waals surface area contributed by atoms with Crippen molar-refractivity contribution < 1.29 is 9.18 Å². The van der Waals surface area contributed by atoms with E-state index in [2.05, 4.69) is 15.3 Å². The zero-order valence-corrected chi connectivity index (χ0v) is 20.5. The summed E-state index contributed by atoms with van der Waals surface area (Å²) in [4.78, 5) is 17.8. The van der Waals surface area contributed by atoms with Crippen LogP contribution in [-0.2, 0) is 4.79 Å². The Balaban J connectivity index is 1.44. The highest BCUT2D eigenvalue weighted by atomic mass is 35.5. The molecule has 6 nitrogen and oxygen atoms in total. The third-order valence-electron chi connectivity index (χ3n) is 6.23. The van der Waals surface area contributed by atoms with Gasteiger partial charge in [0.25, 0.3) is 5.91 Å². The average Bonchev–Trinajstić information content (AvgIpc) is 3.20. The number of anilines is 2. The van der Waals surface area contributed by atoms with E-state index in [9.17, 15) is 9.18 Å². The van der Waals surface area contributed by atoms with Gasteiger partial charge in [0.2, 0.25) is 0 Å². The Morgan fingerprint density at radius 3 is 2.38 bits per heavy atom. The predicted octanol–water partition coefficient (Wildman–Crippen LogP) is 5.62. The molecule has 1 saturated heterocycles. The molecule has 2 aromatic carbocycles. The van der Waals surface area contributed by atoms with Gasteiger partial charge in [0, 0.05) is 37.6 Å². The lowest BCUT2D eigenvalue weighted by molar-refractivity contribution is -0.128. The first-order valence-corrected chi connectivity index (χ1v) is 11.9. The van der Waals surface area contributed by atoms with Crippen molar-refractivity contribution in [3.63, 3.8) is 0 Å². The minimum atomic E-state index is -0.513. The van der Waals surface area contributed by atoms with Gasteiger partial charge < -0.3 is 15.1 Å². The van der Waals surface area contributed by atoms with Gasteiger partial charge in [-0.1, -0.05) is 40.9 Å². The highest BCUT2D eigenvalue weighted by molar-refractivity contribution is 6.42. The number of hydrogen-bond acceptors (Lipinski definition) is 4. The number of rotatable bonds is 3. The van der Waals surface area contributed by atoms with Crippen molar-refractivity contribution in [2.24, 2.45) is 0 Å². The molecule has 10 heteroatoms. The second-order valence-corrected chi connectivity index (χ2v) is 9.50. The van der Waals surface area contributed by atoms with Gasteiger partial charge in [-0.15, -0.1) is 0 Å². The highest BCUT2D eigenvalue weighted by Gasteiger charge is 2.37. The number of halogens is 4. The van der Waals surface area contributed by atoms with Crippen molar-refractivity contribution >= 4 is 52.2 Å². The lowest BCUT2D eigenvalue weighted by Crippen LogP contribution is -2.50. The molecule has 1 fully saturated rings. The van der Waals surface area contributed by atoms with E-state index in [1.165, 1.54) is 12.1 Å². The monoisotopic (exact) mass is 519 g/mol. The van der Waals surface area contributed by atoms with E-state index in [0.29, 0.717) is 58.3 Å². The van der Waals surface area contributed by atoms with E-state index in [1.807, 2.05) is 17.9 Å². The van der Waals surface area contributed by atoms with Crippen molar-refractivity contribution in [1.29, 1.82) is 0 Å². The Hall–Kier alpha value is -2.74. The normalized spacial score (nSPS) is 18.1. The second kappa shape index (κ2) is 9.13. The van der Waals surface area contributed by atoms with E-state index >= 15 is 0 Å². The quantitative estimate of drug-likeness (QED) is 0.487. The molecule has 5 rings (SSSR count). The van der Waals surface area contributed by atoms with Crippen molar-refractivity contribution in [2.45, 2.75) is 13.0 Å². The summed E-state index contributed by atoms with van der Waals surface area (Å²) >= 11 is 18.8. The third-order valence-corrected chi connectivity index (χ3v) is 7.24. The van der Waals surface area contributed by atoms with Crippen LogP contribution in [0, 0.1) is 5.82 Å². The number of nitrogens with zero attached hydrogens (tertiary/aromatic N) is 4. The topological polar surface area (TPSA) is 53.4 Å². The molecule has 1 amide bonds. The van der Waals surface area contributed by atoms with Crippen LogP contribution in [0.1, 0.15) is 18.5 Å². The van der Waals surface area contributed by atoms with Crippen molar-refractivity contribution in [3.05, 3.63) is 86.4 Å². The third kappa shape index (κ3) is 4.13. The molecule has 176 valence electrons. The van der Waals surface area contributed by atoms with Gasteiger partial charge in [0.1, 0.15) is 22.7 Å². The molecule has 0 saturated carbocycles. The van der Waals surface area contributed by atoms with Crippen LogP contribution in [0.5, 0.6) is 0 Å². The van der Waals surface area contributed by atoms with E-state index < -0.39 is 6.04 Å². The smallest absolute Gasteiger partial charge is 0.254 e. The summed E-state index contributed by atoms with van der Waals surface area (Å²) in [5.41, 5.74) is 3.00. The van der Waals surface area contributed by atoms with Gasteiger partial charge in [-0.2, -0.15) is 5.10 Å². The van der Waals surface area contributed by atoms with Gasteiger partial charge in [-0.3, -0.25) is 4.79 Å². The summed E-state index contributed by atoms with van der Waals surface area (Å²) in [5, 5.41) is 8.97. The largest absolute Gasteiger partial charge is 0.368 e. The second-order valence-electron chi connectivity index (χ2n) is 8.28. The Labute approximate surface area is 211 Å². The lowest BCUT2D eigenvalue weighted by Gasteiger charge is -2.38. The van der Waals surface area contributed by atoms with E-state index in [0.717, 1.165) is 11.3 Å². The molecule has 1 atom stereocenters. The predicted molar refractivity (Wildman–Crippen MR) is 133 cm³/mol. The molecular weight excluding hydrogens is 500 g/mol. The van der Waals surface area contributed by atoms with Gasteiger partial charge >= 0.3 is 0 Å². The number of aromatic nitrogens is 2. The van der Waals surface area contributed by atoms with Gasteiger partial charge in [0.05, 0.1) is 21.8 Å². The molecule has 2 aliphatic heterocycles. The maximum absolute atomic E-state index is 13.8. The Kier molecular flexibility index (Phi) is 6.18. The molecule has 0 radical (unpaired) electrons. The Morgan fingerprint density at radius 2 is 1.71 bits per heavy atom. The molecule has 0 spiro atoms. The summed E-state index contributed by atoms with van der Waals surface area (Å²) in [5.74, 6) is 0.265. The number of allylic oxidation sites excluding steroid dienone is 1. The number of carbonyl (C=O) groups excluding carboxylic acids is 1. The summed E-state index contributed by atoms with van der Waals surface area (Å²) in [6, 6.07) is 11.2. The Morgan fingerprint density at radius 1 is 1.00 bits per heavy atom. The first-order valence-electron chi connectivity index (χ1n) is 10.8. The highest BCUT2D eigenvalue weighted by Crippen LogP contribution is 2.40. The maximum atomic E-state index is 13.8. The van der Waals surface area contributed by atoms with Crippen LogP contribution in [-0.4, -0.2) is 46.8 Å². The summed E-state index contributed by atoms with van der Waals surface area (Å²) < 4.78 is 15.0. The molecule has 0 aliphatic carbocycles. The van der Waals surface area contributed by atoms with Crippen LogP contribution in [0.3, 0.4) is 0 Å². The number of benzene rings is 2. The fourth-order valence-electron chi connectivity index (χ4n) is 4.48. The van der Waals surface area contributed by atoms with Gasteiger partial charge in [0.15, 0.2) is 0 Å². The molecule has 2 aliphatic rings. The van der Waals surface area contributed by atoms with Crippen molar-refractivity contribution in [1.82, 2.24) is 14.7 Å². The molecule has 1 N–H and O–H groups in total. The van der Waals surface area contributed by atoms with Gasteiger partial charge in [-0.05, 0) is 48.9 Å². The summed E-state index contributed by atoms with van der Waals surface area (Å²) in [6.07, 6.45) is 1.55. The van der Waals surface area contributed by atoms with E-state index in [-0.39, 0.29) is 11.7 Å². The number of amides is 1. The standard InChI is InChI=1S/C24H21Cl3FN5O/c1-14-21(24(34)32-10-8-31(9-11-32)17-5-3-16(28)4-6-17)22(15-2-7-18(25)19(26)12-15)33-23(30-14)20(27)13-29-33/h2-7,12-13,22,30H,8-11H2,1H3. The number of piperazine rings is 1. The zero-order valence-electron chi connectivity index (χ0n) is 18.2. The van der Waals surface area contributed by atoms with Crippen molar-refractivity contribution in [3.8, 4) is 0 Å². The minimum absolute atomic E-state index is 0.0860. The van der Waals surface area contributed by atoms with Gasteiger partial charge in [-0.25, -0.2) is 9.07 Å². The minimum Gasteiger partial charge on any atom is -0.368 e. The van der Waals surface area contributed by atoms with E-state index in [1.54, 1.807) is 35.1 Å². The Bertz CT molecular complexity index is 1280. The van der Waals surface area contributed by atoms with Crippen molar-refractivity contribution in [2.75, 3.05) is 36.4 Å². The molecule has 3 heterocycles. The summed E-state index contributed by atoms with van der Waals surface area (Å²) in [6.45, 7) is 4.22. The molecular formula is C24H21Cl3FN5O. The maximum Gasteiger partial charge on any atom is 0.254 e. The summed E-state index contributed by atoms with van der Waals surface area (Å²) in [7, 11) is 0. The molecule has 0 bridgehead atoms. The fraction of sp³-hybridized carbons (Fsp3) is 0.250. The van der Waals surface area contributed by atoms with E-state index in [4.69, 9.17) is 34.8 Å². The number of carbonyl (C=O) groups is 1. The number of nitrogens with one attached hydrogen (secondary N) is 1. The van der Waals surface area contributed by atoms with Crippen LogP contribution in [0.15, 0.2) is 59.9 Å². The average molecular weight is 521 g/mol. The molecule has 34 heavy (non-hydrogen) atoms. The first-order chi connectivity index (χ1) is 16.3. The lowest BCUT2D eigenvalue weighted by atomic mass is 9.94. The molecule has 3 aromatic rings. The van der Waals surface area contributed by atoms with Crippen LogP contribution in [0.4, 0.5) is 15.9 Å². The fourth-order valence-corrected chi connectivity index (χ4v) is 4.97. The first kappa shape index (κ1) is 23.0. The van der Waals surface area contributed by atoms with Crippen LogP contribution < -0.4 is 10.2 Å². The molecule has 1 unspecified atom stereocenters.